The van der Waals surface area contributed by atoms with Gasteiger partial charge in [-0.15, -0.1) is 0 Å². The van der Waals surface area contributed by atoms with E-state index in [-0.39, 0.29) is 36.8 Å². The van der Waals surface area contributed by atoms with Gasteiger partial charge in [-0.2, -0.15) is 0 Å². The summed E-state index contributed by atoms with van der Waals surface area (Å²) in [5, 5.41) is 5.14. The third-order valence-electron chi connectivity index (χ3n) is 3.38. The fourth-order valence-electron chi connectivity index (χ4n) is 2.18. The molecule has 1 atom stereocenters. The van der Waals surface area contributed by atoms with Crippen molar-refractivity contribution in [3.8, 4) is 0 Å². The lowest BCUT2D eigenvalue weighted by atomic mass is 10.1. The maximum Gasteiger partial charge on any atom is 0.286 e. The molecular weight excluding hydrogens is 288 g/mol. The summed E-state index contributed by atoms with van der Waals surface area (Å²) in [6.07, 6.45) is 3.32. The molecule has 1 aromatic heterocycles. The van der Waals surface area contributed by atoms with Crippen LogP contribution in [0.25, 0.3) is 0 Å². The summed E-state index contributed by atoms with van der Waals surface area (Å²) < 4.78 is 16.2. The summed E-state index contributed by atoms with van der Waals surface area (Å²) in [4.78, 5) is 23.0. The minimum Gasteiger partial charge on any atom is -0.454 e. The van der Waals surface area contributed by atoms with E-state index in [0.29, 0.717) is 12.4 Å². The first kappa shape index (κ1) is 16.5. The van der Waals surface area contributed by atoms with Crippen molar-refractivity contribution in [1.82, 2.24) is 10.6 Å². The minimum atomic E-state index is -0.298. The highest BCUT2D eigenvalue weighted by Crippen LogP contribution is 2.12. The molecule has 0 aromatic carbocycles. The summed E-state index contributed by atoms with van der Waals surface area (Å²) in [5.41, 5.74) is 0. The quantitative estimate of drug-likeness (QED) is 0.779. The zero-order valence-corrected chi connectivity index (χ0v) is 12.7. The second-order valence-electron chi connectivity index (χ2n) is 5.13. The third kappa shape index (κ3) is 5.16. The molecule has 7 nitrogen and oxygen atoms in total. The lowest BCUT2D eigenvalue weighted by molar-refractivity contribution is -0.128. The summed E-state index contributed by atoms with van der Waals surface area (Å²) in [5.74, 6) is 0.210. The van der Waals surface area contributed by atoms with E-state index in [1.54, 1.807) is 12.1 Å². The first-order valence-electron chi connectivity index (χ1n) is 7.46. The highest BCUT2D eigenvalue weighted by atomic mass is 16.5. The molecular formula is C15H22N2O5. The van der Waals surface area contributed by atoms with Gasteiger partial charge in [0.15, 0.2) is 5.76 Å². The van der Waals surface area contributed by atoms with Gasteiger partial charge >= 0.3 is 0 Å². The second kappa shape index (κ2) is 8.55. The smallest absolute Gasteiger partial charge is 0.286 e. The molecule has 1 saturated heterocycles. The van der Waals surface area contributed by atoms with Gasteiger partial charge in [-0.25, -0.2) is 0 Å². The zero-order valence-electron chi connectivity index (χ0n) is 12.7. The highest BCUT2D eigenvalue weighted by molar-refractivity contribution is 5.91. The number of hydrogen-bond acceptors (Lipinski definition) is 5. The number of furan rings is 1. The Balaban J connectivity index is 1.62. The van der Waals surface area contributed by atoms with Gasteiger partial charge in [0.1, 0.15) is 12.4 Å². The highest BCUT2D eigenvalue weighted by Gasteiger charge is 2.14. The Morgan fingerprint density at radius 3 is 2.95 bits per heavy atom. The number of rotatable bonds is 7. The van der Waals surface area contributed by atoms with Gasteiger partial charge in [-0.3, -0.25) is 9.59 Å². The molecule has 2 rings (SSSR count). The molecule has 122 valence electrons. The van der Waals surface area contributed by atoms with Gasteiger partial charge in [0.05, 0.1) is 19.3 Å². The van der Waals surface area contributed by atoms with Crippen LogP contribution >= 0.6 is 0 Å². The number of nitrogens with one attached hydrogen (secondary N) is 2. The van der Waals surface area contributed by atoms with Crippen molar-refractivity contribution >= 4 is 11.8 Å². The Hall–Kier alpha value is -1.86. The Kier molecular flexibility index (Phi) is 6.42. The lowest BCUT2D eigenvalue weighted by Gasteiger charge is -2.22. The van der Waals surface area contributed by atoms with Gasteiger partial charge in [0, 0.05) is 13.7 Å². The predicted molar refractivity (Wildman–Crippen MR) is 78.4 cm³/mol. The van der Waals surface area contributed by atoms with Crippen LogP contribution in [0.4, 0.5) is 0 Å². The number of carbonyl (C=O) groups excluding carboxylic acids is 2. The van der Waals surface area contributed by atoms with Crippen LogP contribution in [-0.4, -0.2) is 44.8 Å². The van der Waals surface area contributed by atoms with Crippen molar-refractivity contribution in [1.29, 1.82) is 0 Å². The van der Waals surface area contributed by atoms with E-state index >= 15 is 0 Å². The summed E-state index contributed by atoms with van der Waals surface area (Å²) in [7, 11) is 1.53. The van der Waals surface area contributed by atoms with Crippen molar-refractivity contribution in [3.63, 3.8) is 0 Å². The first-order chi connectivity index (χ1) is 10.7. The molecule has 1 aromatic rings. The molecule has 1 aliphatic heterocycles. The Morgan fingerprint density at radius 2 is 2.23 bits per heavy atom. The van der Waals surface area contributed by atoms with Crippen molar-refractivity contribution in [3.05, 3.63) is 23.7 Å². The molecule has 0 unspecified atom stereocenters. The number of ether oxygens (including phenoxy) is 2. The number of hydrogen-bond donors (Lipinski definition) is 2. The standard InChI is InChI=1S/C15H22N2O5/c1-16-15(19)13-6-5-11(22-13)8-17-14(18)10-20-9-12-4-2-3-7-21-12/h5-6,12H,2-4,7-10H2,1H3,(H,16,19)(H,17,18)/t12-/m0/s1. The fourth-order valence-corrected chi connectivity index (χ4v) is 2.18. The molecule has 7 heteroatoms. The van der Waals surface area contributed by atoms with Crippen molar-refractivity contribution in [2.45, 2.75) is 31.9 Å². The minimum absolute atomic E-state index is 0.0110. The molecule has 0 saturated carbocycles. The van der Waals surface area contributed by atoms with E-state index in [2.05, 4.69) is 10.6 Å². The zero-order chi connectivity index (χ0) is 15.8. The van der Waals surface area contributed by atoms with Gasteiger partial charge in [0.25, 0.3) is 5.91 Å². The van der Waals surface area contributed by atoms with Crippen LogP contribution in [0, 0.1) is 0 Å². The molecule has 22 heavy (non-hydrogen) atoms. The van der Waals surface area contributed by atoms with Gasteiger partial charge in [-0.05, 0) is 31.4 Å². The Labute approximate surface area is 129 Å². The van der Waals surface area contributed by atoms with E-state index in [4.69, 9.17) is 13.9 Å². The van der Waals surface area contributed by atoms with E-state index in [1.165, 1.54) is 7.05 Å². The Morgan fingerprint density at radius 1 is 1.36 bits per heavy atom. The molecule has 1 fully saturated rings. The maximum absolute atomic E-state index is 11.7. The van der Waals surface area contributed by atoms with Crippen molar-refractivity contribution < 1.29 is 23.5 Å². The van der Waals surface area contributed by atoms with Crippen LogP contribution in [0.2, 0.25) is 0 Å². The maximum atomic E-state index is 11.7. The van der Waals surface area contributed by atoms with Crippen molar-refractivity contribution in [2.24, 2.45) is 0 Å². The molecule has 0 spiro atoms. The molecule has 2 N–H and O–H groups in total. The molecule has 2 heterocycles. The number of carbonyl (C=O) groups is 2. The molecule has 0 bridgehead atoms. The molecule has 2 amide bonds. The van der Waals surface area contributed by atoms with E-state index in [9.17, 15) is 9.59 Å². The lowest BCUT2D eigenvalue weighted by Crippen LogP contribution is -2.30. The van der Waals surface area contributed by atoms with Gasteiger partial charge in [0.2, 0.25) is 5.91 Å². The molecule has 1 aliphatic rings. The summed E-state index contributed by atoms with van der Waals surface area (Å²) >= 11 is 0. The van der Waals surface area contributed by atoms with Crippen LogP contribution in [0.5, 0.6) is 0 Å². The van der Waals surface area contributed by atoms with E-state index < -0.39 is 0 Å². The second-order valence-corrected chi connectivity index (χ2v) is 5.13. The fraction of sp³-hybridized carbons (Fsp3) is 0.600. The third-order valence-corrected chi connectivity index (χ3v) is 3.38. The topological polar surface area (TPSA) is 89.8 Å². The summed E-state index contributed by atoms with van der Waals surface area (Å²) in [6.45, 7) is 1.42. The molecule has 0 radical (unpaired) electrons. The van der Waals surface area contributed by atoms with Crippen LogP contribution < -0.4 is 10.6 Å². The SMILES string of the molecule is CNC(=O)c1ccc(CNC(=O)COC[C@@H]2CCCCO2)o1. The van der Waals surface area contributed by atoms with Crippen LogP contribution in [-0.2, 0) is 20.8 Å². The number of amides is 2. The predicted octanol–water partition coefficient (Wildman–Crippen LogP) is 0.841. The monoisotopic (exact) mass is 310 g/mol. The van der Waals surface area contributed by atoms with Gasteiger partial charge in [-0.1, -0.05) is 0 Å². The van der Waals surface area contributed by atoms with Crippen molar-refractivity contribution in [2.75, 3.05) is 26.9 Å². The van der Waals surface area contributed by atoms with E-state index in [0.717, 1.165) is 25.9 Å². The van der Waals surface area contributed by atoms with Crippen LogP contribution in [0.15, 0.2) is 16.5 Å². The summed E-state index contributed by atoms with van der Waals surface area (Å²) in [6, 6.07) is 3.22. The first-order valence-corrected chi connectivity index (χ1v) is 7.46. The molecule has 0 aliphatic carbocycles. The van der Waals surface area contributed by atoms with E-state index in [1.807, 2.05) is 0 Å². The normalized spacial score (nSPS) is 18.0. The van der Waals surface area contributed by atoms with Crippen LogP contribution in [0.1, 0.15) is 35.6 Å². The average Bonchev–Trinajstić information content (AvgIpc) is 3.02. The average molecular weight is 310 g/mol. The Bertz CT molecular complexity index is 494. The largest absolute Gasteiger partial charge is 0.454 e. The van der Waals surface area contributed by atoms with Crippen LogP contribution in [0.3, 0.4) is 0 Å². The van der Waals surface area contributed by atoms with Gasteiger partial charge < -0.3 is 24.5 Å².